The van der Waals surface area contributed by atoms with E-state index in [9.17, 15) is 23.2 Å². The van der Waals surface area contributed by atoms with Crippen LogP contribution in [0.25, 0.3) is 0 Å². The number of hydrogen-bond donors (Lipinski definition) is 0. The van der Waals surface area contributed by atoms with Crippen LogP contribution in [0.4, 0.5) is 18.0 Å². The highest BCUT2D eigenvalue weighted by molar-refractivity contribution is 6.03. The third-order valence-electron chi connectivity index (χ3n) is 6.97. The van der Waals surface area contributed by atoms with Crippen molar-refractivity contribution >= 4 is 24.5 Å². The van der Waals surface area contributed by atoms with Crippen LogP contribution in [-0.4, -0.2) is 78.8 Å². The lowest BCUT2D eigenvalue weighted by atomic mass is 9.79. The summed E-state index contributed by atoms with van der Waals surface area (Å²) in [5.41, 5.74) is -0.0892. The summed E-state index contributed by atoms with van der Waals surface area (Å²) in [6, 6.07) is 7.63. The molecule has 2 amide bonds. The molecule has 0 bridgehead atoms. The number of fused-ring (bicyclic) bond motifs is 1. The molecule has 212 valence electrons. The van der Waals surface area contributed by atoms with Gasteiger partial charge in [0.2, 0.25) is 6.79 Å². The number of halogens is 3. The lowest BCUT2D eigenvalue weighted by molar-refractivity contribution is -0.137. The molecule has 3 atom stereocenters. The first-order valence-electron chi connectivity index (χ1n) is 12.5. The number of allylic oxidation sites excluding steroid dienone is 1. The summed E-state index contributed by atoms with van der Waals surface area (Å²) in [6.07, 6.45) is 0.324. The number of hydrogen-bond acceptors (Lipinski definition) is 7. The van der Waals surface area contributed by atoms with E-state index in [0.29, 0.717) is 24.9 Å². The monoisotopic (exact) mass is 558 g/mol. The number of carbonyl (C=O) groups is 3. The van der Waals surface area contributed by atoms with Gasteiger partial charge in [-0.15, -0.1) is 0 Å². The second kappa shape index (κ2) is 11.8. The van der Waals surface area contributed by atoms with Gasteiger partial charge in [0, 0.05) is 45.8 Å². The number of ketones is 1. The van der Waals surface area contributed by atoms with Gasteiger partial charge in [0.25, 0.3) is 5.91 Å². The maximum absolute atomic E-state index is 15.4. The molecule has 2 heterocycles. The van der Waals surface area contributed by atoms with Gasteiger partial charge < -0.3 is 19.3 Å². The van der Waals surface area contributed by atoms with Gasteiger partial charge in [0.15, 0.2) is 28.9 Å². The molecule has 0 radical (unpaired) electrons. The van der Waals surface area contributed by atoms with E-state index in [4.69, 9.17) is 9.47 Å². The van der Waals surface area contributed by atoms with Gasteiger partial charge in [0.05, 0.1) is 12.1 Å². The quantitative estimate of drug-likeness (QED) is 0.211. The molecule has 0 aromatic heterocycles. The van der Waals surface area contributed by atoms with E-state index in [-0.39, 0.29) is 11.3 Å². The van der Waals surface area contributed by atoms with Gasteiger partial charge in [-0.25, -0.2) is 18.0 Å². The van der Waals surface area contributed by atoms with E-state index in [0.717, 1.165) is 17.9 Å². The molecular weight excluding hydrogens is 529 g/mol. The van der Waals surface area contributed by atoms with Gasteiger partial charge >= 0.3 is 6.09 Å². The number of benzene rings is 2. The van der Waals surface area contributed by atoms with Crippen LogP contribution in [0.2, 0.25) is 0 Å². The normalized spacial score (nSPS) is 20.5. The summed E-state index contributed by atoms with van der Waals surface area (Å²) in [5, 5.41) is 5.23. The minimum absolute atomic E-state index is 0.0880. The maximum atomic E-state index is 15.4. The van der Waals surface area contributed by atoms with E-state index in [2.05, 4.69) is 11.8 Å². The van der Waals surface area contributed by atoms with Crippen LogP contribution in [0, 0.1) is 17.5 Å². The zero-order chi connectivity index (χ0) is 29.1. The van der Waals surface area contributed by atoms with Crippen LogP contribution >= 0.6 is 0 Å². The summed E-state index contributed by atoms with van der Waals surface area (Å²) in [5.74, 6) is -5.59. The van der Waals surface area contributed by atoms with Crippen molar-refractivity contribution in [2.45, 2.75) is 37.8 Å². The molecule has 2 saturated heterocycles. The summed E-state index contributed by atoms with van der Waals surface area (Å²) in [4.78, 5) is 41.0. The summed E-state index contributed by atoms with van der Waals surface area (Å²) >= 11 is 0. The molecule has 2 fully saturated rings. The Morgan fingerprint density at radius 1 is 1.15 bits per heavy atom. The first-order valence-corrected chi connectivity index (χ1v) is 12.5. The Balaban J connectivity index is 1.91. The minimum Gasteiger partial charge on any atom is -0.451 e. The Bertz CT molecular complexity index is 1370. The molecule has 9 nitrogen and oxygen atoms in total. The molecule has 4 rings (SSSR count). The fraction of sp³-hybridized carbons (Fsp3) is 0.357. The number of carbonyl (C=O) groups excluding carboxylic acids is 3. The average Bonchev–Trinajstić information content (AvgIpc) is 3.40. The summed E-state index contributed by atoms with van der Waals surface area (Å²) in [7, 11) is 2.91. The maximum Gasteiger partial charge on any atom is 0.412 e. The molecule has 2 aliphatic heterocycles. The average molecular weight is 559 g/mol. The second-order valence-corrected chi connectivity index (χ2v) is 9.66. The van der Waals surface area contributed by atoms with Crippen molar-refractivity contribution in [3.8, 4) is 0 Å². The van der Waals surface area contributed by atoms with Gasteiger partial charge in [0.1, 0.15) is 5.82 Å². The number of nitrogens with zero attached hydrogens (tertiary/aromatic N) is 4. The lowest BCUT2D eigenvalue weighted by Crippen LogP contribution is -2.59. The summed E-state index contributed by atoms with van der Waals surface area (Å²) in [6.45, 7) is 4.39. The largest absolute Gasteiger partial charge is 0.451 e. The van der Waals surface area contributed by atoms with Crippen molar-refractivity contribution in [2.75, 3.05) is 27.4 Å². The highest BCUT2D eigenvalue weighted by Crippen LogP contribution is 2.44. The standard InChI is InChI=1S/C28H29F3N4O5/c1-16(36)26(39-15-40-28(38)33(3)4)25-27(37)34-13-7-12-21(34)24(35(25)32-2)22(17-8-5-9-18(29)14-17)19-10-6-11-20(30)23(19)31/h5-6,8-11,14,21-22,24H,2,7,12-13,15H2,1,3-4H3/b26-25+/t21-,22-,24-/m1/s1. The molecule has 0 spiro atoms. The number of hydrazone groups is 1. The molecular formula is C28H29F3N4O5. The van der Waals surface area contributed by atoms with E-state index in [1.165, 1.54) is 54.3 Å². The zero-order valence-corrected chi connectivity index (χ0v) is 22.3. The Labute approximate surface area is 229 Å². The molecule has 0 aliphatic carbocycles. The third-order valence-corrected chi connectivity index (χ3v) is 6.97. The topological polar surface area (TPSA) is 91.7 Å². The van der Waals surface area contributed by atoms with E-state index >= 15 is 4.39 Å². The Hall–Kier alpha value is -4.35. The van der Waals surface area contributed by atoms with Crippen LogP contribution in [-0.2, 0) is 19.1 Å². The number of piperazine rings is 1. The first kappa shape index (κ1) is 28.7. The molecule has 40 heavy (non-hydrogen) atoms. The molecule has 0 unspecified atom stereocenters. The third kappa shape index (κ3) is 5.38. The fourth-order valence-electron chi connectivity index (χ4n) is 5.30. The van der Waals surface area contributed by atoms with Crippen molar-refractivity contribution in [2.24, 2.45) is 5.10 Å². The first-order chi connectivity index (χ1) is 19.1. The van der Waals surface area contributed by atoms with Gasteiger partial charge in [-0.1, -0.05) is 24.3 Å². The van der Waals surface area contributed by atoms with Gasteiger partial charge in [-0.3, -0.25) is 14.6 Å². The Morgan fingerprint density at radius 2 is 1.88 bits per heavy atom. The van der Waals surface area contributed by atoms with Crippen molar-refractivity contribution in [1.82, 2.24) is 14.8 Å². The van der Waals surface area contributed by atoms with Crippen molar-refractivity contribution in [3.63, 3.8) is 0 Å². The SMILES string of the molecule is C=NN1/C(=C(/OCOC(=O)N(C)C)C(C)=O)C(=O)N2CCC[C@@H]2[C@@H]1[C@H](c1cccc(F)c1)c1cccc(F)c1F. The highest BCUT2D eigenvalue weighted by Gasteiger charge is 2.52. The molecule has 12 heteroatoms. The van der Waals surface area contributed by atoms with Crippen molar-refractivity contribution in [1.29, 1.82) is 0 Å². The van der Waals surface area contributed by atoms with Crippen molar-refractivity contribution in [3.05, 3.63) is 82.5 Å². The lowest BCUT2D eigenvalue weighted by Gasteiger charge is -2.47. The van der Waals surface area contributed by atoms with E-state index < -0.39 is 65.8 Å². The Morgan fingerprint density at radius 3 is 2.52 bits per heavy atom. The predicted molar refractivity (Wildman–Crippen MR) is 138 cm³/mol. The van der Waals surface area contributed by atoms with Gasteiger partial charge in [-0.2, -0.15) is 5.10 Å². The van der Waals surface area contributed by atoms with Crippen LogP contribution in [0.15, 0.2) is 59.0 Å². The smallest absolute Gasteiger partial charge is 0.412 e. The number of amides is 2. The Kier molecular flexibility index (Phi) is 8.46. The van der Waals surface area contributed by atoms with Crippen LogP contribution in [0.5, 0.6) is 0 Å². The second-order valence-electron chi connectivity index (χ2n) is 9.66. The summed E-state index contributed by atoms with van der Waals surface area (Å²) < 4.78 is 54.8. The molecule has 2 aromatic carbocycles. The van der Waals surface area contributed by atoms with Gasteiger partial charge in [-0.05, 0) is 36.6 Å². The minimum atomic E-state index is -1.13. The number of Topliss-reactive ketones (excluding diaryl/α,β-unsaturated/α-hetero) is 1. The molecule has 2 aliphatic rings. The van der Waals surface area contributed by atoms with Crippen LogP contribution < -0.4 is 0 Å². The number of ether oxygens (including phenoxy) is 2. The van der Waals surface area contributed by atoms with Crippen molar-refractivity contribution < 1.29 is 37.0 Å². The molecule has 0 saturated carbocycles. The zero-order valence-electron chi connectivity index (χ0n) is 22.3. The van der Waals surface area contributed by atoms with Crippen LogP contribution in [0.3, 0.4) is 0 Å². The highest BCUT2D eigenvalue weighted by atomic mass is 19.2. The molecule has 0 N–H and O–H groups in total. The van der Waals surface area contributed by atoms with E-state index in [1.807, 2.05) is 0 Å². The molecule has 2 aromatic rings. The number of rotatable bonds is 8. The fourth-order valence-corrected chi connectivity index (χ4v) is 5.30. The van der Waals surface area contributed by atoms with Crippen LogP contribution in [0.1, 0.15) is 36.8 Å². The predicted octanol–water partition coefficient (Wildman–Crippen LogP) is 4.00. The van der Waals surface area contributed by atoms with E-state index in [1.54, 1.807) is 6.07 Å².